The number of likely N-dealkylation sites (N-methyl/N-ethyl adjacent to an activating group) is 1. The van der Waals surface area contributed by atoms with E-state index in [4.69, 9.17) is 27.0 Å². The minimum atomic E-state index is -3.94. The van der Waals surface area contributed by atoms with Gasteiger partial charge < -0.3 is 9.64 Å². The maximum atomic E-state index is 12.4. The van der Waals surface area contributed by atoms with Crippen molar-refractivity contribution in [3.8, 4) is 0 Å². The fourth-order valence-electron chi connectivity index (χ4n) is 1.73. The molecule has 1 aromatic carbocycles. The Balaban J connectivity index is 3.03. The lowest BCUT2D eigenvalue weighted by Gasteiger charge is -2.21. The van der Waals surface area contributed by atoms with Crippen LogP contribution in [-0.4, -0.2) is 45.5 Å². The van der Waals surface area contributed by atoms with Gasteiger partial charge in [-0.15, -0.1) is 0 Å². The molecule has 0 unspecified atom stereocenters. The molecule has 0 saturated carbocycles. The van der Waals surface area contributed by atoms with Crippen LogP contribution in [0, 0.1) is 0 Å². The standard InChI is InChI=1S/C13H17Cl2NO4S/c1-3-16(5-6-20-4-2)13(17)10-7-11(14)9-12(8-10)21(15,18)19/h7-9H,3-6H2,1-2H3. The zero-order valence-electron chi connectivity index (χ0n) is 11.8. The zero-order chi connectivity index (χ0) is 16.0. The molecule has 0 radical (unpaired) electrons. The smallest absolute Gasteiger partial charge is 0.261 e. The number of hydrogen-bond donors (Lipinski definition) is 0. The predicted molar refractivity (Wildman–Crippen MR) is 82.6 cm³/mol. The average molecular weight is 354 g/mol. The van der Waals surface area contributed by atoms with Gasteiger partial charge >= 0.3 is 0 Å². The van der Waals surface area contributed by atoms with Gasteiger partial charge in [-0.05, 0) is 32.0 Å². The Morgan fingerprint density at radius 3 is 2.48 bits per heavy atom. The summed E-state index contributed by atoms with van der Waals surface area (Å²) in [7, 11) is 1.35. The number of ether oxygens (including phenoxy) is 1. The first-order valence-corrected chi connectivity index (χ1v) is 9.10. The SMILES string of the molecule is CCOCCN(CC)C(=O)c1cc(Cl)cc(S(=O)(=O)Cl)c1. The molecule has 8 heteroatoms. The summed E-state index contributed by atoms with van der Waals surface area (Å²) in [4.78, 5) is 13.7. The lowest BCUT2D eigenvalue weighted by atomic mass is 10.2. The molecule has 0 saturated heterocycles. The Hall–Kier alpha value is -0.820. The van der Waals surface area contributed by atoms with Crippen LogP contribution in [0.4, 0.5) is 0 Å². The van der Waals surface area contributed by atoms with Crippen molar-refractivity contribution < 1.29 is 17.9 Å². The van der Waals surface area contributed by atoms with Crippen molar-refractivity contribution in [1.82, 2.24) is 4.90 Å². The second-order valence-corrected chi connectivity index (χ2v) is 7.20. The second-order valence-electron chi connectivity index (χ2n) is 4.20. The Morgan fingerprint density at radius 2 is 1.95 bits per heavy atom. The van der Waals surface area contributed by atoms with Gasteiger partial charge in [0.1, 0.15) is 0 Å². The number of amides is 1. The van der Waals surface area contributed by atoms with Gasteiger partial charge in [0.05, 0.1) is 11.5 Å². The van der Waals surface area contributed by atoms with E-state index in [1.807, 2.05) is 13.8 Å². The molecule has 0 spiro atoms. The minimum Gasteiger partial charge on any atom is -0.380 e. The van der Waals surface area contributed by atoms with E-state index in [-0.39, 0.29) is 21.4 Å². The summed E-state index contributed by atoms with van der Waals surface area (Å²) in [6, 6.07) is 3.84. The number of halogens is 2. The third kappa shape index (κ3) is 5.47. The fraction of sp³-hybridized carbons (Fsp3) is 0.462. The van der Waals surface area contributed by atoms with Crippen LogP contribution in [-0.2, 0) is 13.8 Å². The van der Waals surface area contributed by atoms with Crippen LogP contribution in [0.15, 0.2) is 23.1 Å². The van der Waals surface area contributed by atoms with Gasteiger partial charge in [0.2, 0.25) is 0 Å². The lowest BCUT2D eigenvalue weighted by Crippen LogP contribution is -2.34. The van der Waals surface area contributed by atoms with Crippen molar-refractivity contribution in [2.45, 2.75) is 18.7 Å². The molecule has 0 bridgehead atoms. The molecule has 0 aliphatic heterocycles. The van der Waals surface area contributed by atoms with Crippen molar-refractivity contribution in [3.63, 3.8) is 0 Å². The first-order chi connectivity index (χ1) is 9.79. The summed E-state index contributed by atoms with van der Waals surface area (Å²) in [6.07, 6.45) is 0. The molecular weight excluding hydrogens is 337 g/mol. The van der Waals surface area contributed by atoms with E-state index in [9.17, 15) is 13.2 Å². The molecule has 0 atom stereocenters. The summed E-state index contributed by atoms with van der Waals surface area (Å²) in [5.74, 6) is -0.318. The summed E-state index contributed by atoms with van der Waals surface area (Å²) in [5.41, 5.74) is 0.181. The molecule has 21 heavy (non-hydrogen) atoms. The molecule has 1 rings (SSSR count). The third-order valence-corrected chi connectivity index (χ3v) is 4.33. The molecule has 0 N–H and O–H groups in total. The Bertz CT molecular complexity index is 604. The Labute approximate surface area is 134 Å². The highest BCUT2D eigenvalue weighted by Gasteiger charge is 2.19. The normalized spacial score (nSPS) is 11.4. The maximum absolute atomic E-state index is 12.4. The molecule has 1 aromatic rings. The van der Waals surface area contributed by atoms with Crippen molar-refractivity contribution in [1.29, 1.82) is 0 Å². The van der Waals surface area contributed by atoms with Crippen molar-refractivity contribution in [3.05, 3.63) is 28.8 Å². The molecule has 0 heterocycles. The highest BCUT2D eigenvalue weighted by Crippen LogP contribution is 2.22. The minimum absolute atomic E-state index is 0.140. The van der Waals surface area contributed by atoms with Gasteiger partial charge in [0.25, 0.3) is 15.0 Å². The topological polar surface area (TPSA) is 63.7 Å². The van der Waals surface area contributed by atoms with Gasteiger partial charge in [-0.2, -0.15) is 0 Å². The van der Waals surface area contributed by atoms with Gasteiger partial charge in [-0.1, -0.05) is 11.6 Å². The molecule has 0 aliphatic carbocycles. The largest absolute Gasteiger partial charge is 0.380 e. The zero-order valence-corrected chi connectivity index (χ0v) is 14.1. The monoisotopic (exact) mass is 353 g/mol. The average Bonchev–Trinajstić information content (AvgIpc) is 2.41. The van der Waals surface area contributed by atoms with Crippen LogP contribution in [0.25, 0.3) is 0 Å². The Kier molecular flexibility index (Phi) is 6.93. The van der Waals surface area contributed by atoms with E-state index in [0.29, 0.717) is 26.3 Å². The number of carbonyl (C=O) groups is 1. The molecule has 118 valence electrons. The quantitative estimate of drug-likeness (QED) is 0.558. The molecule has 1 amide bonds. The number of rotatable bonds is 7. The van der Waals surface area contributed by atoms with E-state index in [0.717, 1.165) is 0 Å². The van der Waals surface area contributed by atoms with E-state index in [1.165, 1.54) is 18.2 Å². The van der Waals surface area contributed by atoms with E-state index < -0.39 is 9.05 Å². The number of benzene rings is 1. The summed E-state index contributed by atoms with van der Waals surface area (Å²) in [5, 5.41) is 0.140. The number of nitrogens with zero attached hydrogens (tertiary/aromatic N) is 1. The van der Waals surface area contributed by atoms with Crippen LogP contribution in [0.2, 0.25) is 5.02 Å². The summed E-state index contributed by atoms with van der Waals surface area (Å²) in [6.45, 7) is 5.56. The van der Waals surface area contributed by atoms with Gasteiger partial charge in [-0.25, -0.2) is 8.42 Å². The van der Waals surface area contributed by atoms with Crippen molar-refractivity contribution in [2.24, 2.45) is 0 Å². The molecule has 0 aliphatic rings. The van der Waals surface area contributed by atoms with E-state index in [1.54, 1.807) is 4.90 Å². The molecule has 5 nitrogen and oxygen atoms in total. The van der Waals surface area contributed by atoms with Crippen LogP contribution < -0.4 is 0 Å². The highest BCUT2D eigenvalue weighted by molar-refractivity contribution is 8.13. The molecule has 0 fully saturated rings. The fourth-order valence-corrected chi connectivity index (χ4v) is 2.83. The van der Waals surface area contributed by atoms with E-state index >= 15 is 0 Å². The Morgan fingerprint density at radius 1 is 1.29 bits per heavy atom. The summed E-state index contributed by atoms with van der Waals surface area (Å²) < 4.78 is 28.0. The number of carbonyl (C=O) groups excluding carboxylic acids is 1. The van der Waals surface area contributed by atoms with Crippen molar-refractivity contribution >= 4 is 37.2 Å². The predicted octanol–water partition coefficient (Wildman–Crippen LogP) is 2.77. The van der Waals surface area contributed by atoms with Gasteiger partial charge in [0, 0.05) is 41.0 Å². The first-order valence-electron chi connectivity index (χ1n) is 6.41. The van der Waals surface area contributed by atoms with Crippen LogP contribution >= 0.6 is 22.3 Å². The van der Waals surface area contributed by atoms with Crippen LogP contribution in [0.5, 0.6) is 0 Å². The second kappa shape index (κ2) is 7.98. The summed E-state index contributed by atoms with van der Waals surface area (Å²) >= 11 is 5.86. The van der Waals surface area contributed by atoms with E-state index in [2.05, 4.69) is 0 Å². The molecular formula is C13H17Cl2NO4S. The first kappa shape index (κ1) is 18.2. The maximum Gasteiger partial charge on any atom is 0.261 e. The third-order valence-electron chi connectivity index (χ3n) is 2.78. The number of hydrogen-bond acceptors (Lipinski definition) is 4. The van der Waals surface area contributed by atoms with Crippen LogP contribution in [0.3, 0.4) is 0 Å². The highest BCUT2D eigenvalue weighted by atomic mass is 35.7. The van der Waals surface area contributed by atoms with Gasteiger partial charge in [0.15, 0.2) is 0 Å². The lowest BCUT2D eigenvalue weighted by molar-refractivity contribution is 0.0669. The van der Waals surface area contributed by atoms with Crippen molar-refractivity contribution in [2.75, 3.05) is 26.3 Å². The molecule has 0 aromatic heterocycles. The van der Waals surface area contributed by atoms with Crippen LogP contribution in [0.1, 0.15) is 24.2 Å². The van der Waals surface area contributed by atoms with Gasteiger partial charge in [-0.3, -0.25) is 4.79 Å².